The van der Waals surface area contributed by atoms with Gasteiger partial charge in [0.05, 0.1) is 12.4 Å². The molecule has 0 saturated heterocycles. The van der Waals surface area contributed by atoms with Crippen LogP contribution in [-0.4, -0.2) is 42.3 Å². The number of fused-ring (bicyclic) bond motifs is 1. The molecule has 19 heavy (non-hydrogen) atoms. The lowest BCUT2D eigenvalue weighted by molar-refractivity contribution is -0.105. The van der Waals surface area contributed by atoms with E-state index in [1.165, 1.54) is 17.2 Å². The van der Waals surface area contributed by atoms with Gasteiger partial charge in [-0.2, -0.15) is 0 Å². The highest BCUT2D eigenvalue weighted by Crippen LogP contribution is 2.24. The summed E-state index contributed by atoms with van der Waals surface area (Å²) in [6, 6.07) is -0.822. The average Bonchev–Trinajstić information content (AvgIpc) is 2.80. The number of rotatable bonds is 5. The molecule has 8 heteroatoms. The molecule has 0 bridgehead atoms. The van der Waals surface area contributed by atoms with Crippen LogP contribution in [0.3, 0.4) is 0 Å². The summed E-state index contributed by atoms with van der Waals surface area (Å²) in [7, 11) is 0. The van der Waals surface area contributed by atoms with E-state index in [4.69, 9.17) is 5.73 Å². The third kappa shape index (κ3) is 2.44. The highest BCUT2D eigenvalue weighted by atomic mass is 16.5. The zero-order valence-electron chi connectivity index (χ0n) is 9.97. The Morgan fingerprint density at radius 1 is 1.47 bits per heavy atom. The van der Waals surface area contributed by atoms with Crippen molar-refractivity contribution in [3.8, 4) is 0 Å². The van der Waals surface area contributed by atoms with Crippen LogP contribution in [0, 0.1) is 0 Å². The Morgan fingerprint density at radius 3 is 2.84 bits per heavy atom. The Kier molecular flexibility index (Phi) is 3.54. The van der Waals surface area contributed by atoms with E-state index >= 15 is 0 Å². The number of aldehydes is 1. The van der Waals surface area contributed by atoms with Gasteiger partial charge in [0.1, 0.15) is 18.1 Å². The second kappa shape index (κ2) is 5.12. The number of imidazole rings is 1. The monoisotopic (exact) mass is 263 g/mol. The van der Waals surface area contributed by atoms with E-state index < -0.39 is 12.3 Å². The van der Waals surface area contributed by atoms with Gasteiger partial charge in [0, 0.05) is 6.42 Å². The topological polar surface area (TPSA) is 127 Å². The second-order valence-corrected chi connectivity index (χ2v) is 4.04. The number of allylic oxidation sites excluding steroid dienone is 1. The van der Waals surface area contributed by atoms with Crippen molar-refractivity contribution < 1.29 is 15.0 Å². The molecule has 0 aliphatic carbocycles. The molecule has 0 spiro atoms. The number of hydrogen-bond acceptors (Lipinski definition) is 7. The molecule has 1 atom stereocenters. The Balaban J connectivity index is 2.48. The minimum Gasteiger partial charge on any atom is -0.382 e. The van der Waals surface area contributed by atoms with E-state index in [1.54, 1.807) is 0 Å². The first-order valence-electron chi connectivity index (χ1n) is 5.46. The Bertz CT molecular complexity index is 622. The molecule has 2 rings (SSSR count). The zero-order valence-corrected chi connectivity index (χ0v) is 9.97. The lowest BCUT2D eigenvalue weighted by Gasteiger charge is -2.20. The van der Waals surface area contributed by atoms with Crippen LogP contribution >= 0.6 is 0 Å². The molecule has 100 valence electrons. The molecule has 0 radical (unpaired) electrons. The van der Waals surface area contributed by atoms with Gasteiger partial charge in [-0.1, -0.05) is 6.58 Å². The van der Waals surface area contributed by atoms with Crippen LogP contribution < -0.4 is 5.73 Å². The molecular formula is C11H13N5O3. The summed E-state index contributed by atoms with van der Waals surface area (Å²) >= 11 is 0. The SMILES string of the molecule is C=C(C=O)CC(C(O)O)n1cnc2c(N)ncnc21. The average molecular weight is 263 g/mol. The molecule has 0 aromatic carbocycles. The highest BCUT2D eigenvalue weighted by Gasteiger charge is 2.23. The summed E-state index contributed by atoms with van der Waals surface area (Å²) in [6.07, 6.45) is 1.57. The van der Waals surface area contributed by atoms with E-state index in [-0.39, 0.29) is 17.8 Å². The smallest absolute Gasteiger partial charge is 0.173 e. The standard InChI is InChI=1S/C11H13N5O3/c1-6(3-17)2-7(11(18)19)16-5-15-8-9(12)13-4-14-10(8)16/h3-5,7,11,18-19H,1-2H2,(H2,12,13,14). The fourth-order valence-electron chi connectivity index (χ4n) is 1.78. The maximum Gasteiger partial charge on any atom is 0.173 e. The van der Waals surface area contributed by atoms with Crippen molar-refractivity contribution in [3.63, 3.8) is 0 Å². The maximum atomic E-state index is 10.6. The first-order valence-corrected chi connectivity index (χ1v) is 5.46. The fourth-order valence-corrected chi connectivity index (χ4v) is 1.78. The number of carbonyl (C=O) groups excluding carboxylic acids is 1. The van der Waals surface area contributed by atoms with Crippen LogP contribution in [0.5, 0.6) is 0 Å². The van der Waals surface area contributed by atoms with Gasteiger partial charge in [0.2, 0.25) is 0 Å². The van der Waals surface area contributed by atoms with Crippen LogP contribution in [0.1, 0.15) is 12.5 Å². The van der Waals surface area contributed by atoms with Crippen LogP contribution in [-0.2, 0) is 4.79 Å². The number of nitrogens with two attached hydrogens (primary N) is 1. The number of hydrogen-bond donors (Lipinski definition) is 3. The van der Waals surface area contributed by atoms with Gasteiger partial charge in [-0.05, 0) is 5.57 Å². The molecule has 2 aromatic rings. The third-order valence-corrected chi connectivity index (χ3v) is 2.73. The molecule has 0 amide bonds. The van der Waals surface area contributed by atoms with Crippen molar-refractivity contribution in [2.75, 3.05) is 5.73 Å². The van der Waals surface area contributed by atoms with Crippen molar-refractivity contribution in [2.24, 2.45) is 0 Å². The number of carbonyl (C=O) groups is 1. The largest absolute Gasteiger partial charge is 0.382 e. The van der Waals surface area contributed by atoms with Crippen LogP contribution in [0.4, 0.5) is 5.82 Å². The predicted molar refractivity (Wildman–Crippen MR) is 66.8 cm³/mol. The molecular weight excluding hydrogens is 250 g/mol. The van der Waals surface area contributed by atoms with Gasteiger partial charge in [0.25, 0.3) is 0 Å². The van der Waals surface area contributed by atoms with Crippen molar-refractivity contribution in [2.45, 2.75) is 18.8 Å². The molecule has 2 aromatic heterocycles. The van der Waals surface area contributed by atoms with Crippen LogP contribution in [0.15, 0.2) is 24.8 Å². The number of aromatic nitrogens is 4. The second-order valence-electron chi connectivity index (χ2n) is 4.04. The summed E-state index contributed by atoms with van der Waals surface area (Å²) in [5.41, 5.74) is 6.62. The van der Waals surface area contributed by atoms with Gasteiger partial charge in [-0.25, -0.2) is 15.0 Å². The van der Waals surface area contributed by atoms with Crippen LogP contribution in [0.25, 0.3) is 11.2 Å². The number of nitrogens with zero attached hydrogens (tertiary/aromatic N) is 4. The van der Waals surface area contributed by atoms with Crippen molar-refractivity contribution in [3.05, 3.63) is 24.8 Å². The van der Waals surface area contributed by atoms with Crippen molar-refractivity contribution in [1.82, 2.24) is 19.5 Å². The zero-order chi connectivity index (χ0) is 14.0. The Labute approximate surface area is 108 Å². The molecule has 0 saturated carbocycles. The maximum absolute atomic E-state index is 10.6. The number of aliphatic hydroxyl groups excluding tert-OH is 1. The van der Waals surface area contributed by atoms with E-state index in [0.717, 1.165) is 0 Å². The van der Waals surface area contributed by atoms with Crippen molar-refractivity contribution in [1.29, 1.82) is 0 Å². The summed E-state index contributed by atoms with van der Waals surface area (Å²) in [6.45, 7) is 3.52. The van der Waals surface area contributed by atoms with E-state index in [0.29, 0.717) is 17.5 Å². The fraction of sp³-hybridized carbons (Fsp3) is 0.273. The quantitative estimate of drug-likeness (QED) is 0.373. The first kappa shape index (κ1) is 13.1. The minimum atomic E-state index is -1.69. The summed E-state index contributed by atoms with van der Waals surface area (Å²) in [5.74, 6) is 0.198. The molecule has 0 aliphatic rings. The van der Waals surface area contributed by atoms with Crippen LogP contribution in [0.2, 0.25) is 0 Å². The summed E-state index contributed by atoms with van der Waals surface area (Å²) < 4.78 is 1.44. The molecule has 1 unspecified atom stereocenters. The highest BCUT2D eigenvalue weighted by molar-refractivity contribution is 5.81. The normalized spacial score (nSPS) is 12.8. The van der Waals surface area contributed by atoms with E-state index in [9.17, 15) is 15.0 Å². The van der Waals surface area contributed by atoms with Gasteiger partial charge in [-0.15, -0.1) is 0 Å². The molecule has 8 nitrogen and oxygen atoms in total. The van der Waals surface area contributed by atoms with Gasteiger partial charge >= 0.3 is 0 Å². The number of nitrogen functional groups attached to an aromatic ring is 1. The summed E-state index contributed by atoms with van der Waals surface area (Å²) in [4.78, 5) is 22.4. The number of aliphatic hydroxyl groups is 2. The third-order valence-electron chi connectivity index (χ3n) is 2.73. The lowest BCUT2D eigenvalue weighted by Crippen LogP contribution is -2.24. The van der Waals surface area contributed by atoms with E-state index in [2.05, 4.69) is 21.5 Å². The summed E-state index contributed by atoms with van der Waals surface area (Å²) in [5, 5.41) is 18.9. The molecule has 0 fully saturated rings. The molecule has 0 aliphatic heterocycles. The molecule has 2 heterocycles. The first-order chi connectivity index (χ1) is 9.04. The minimum absolute atomic E-state index is 0.0660. The lowest BCUT2D eigenvalue weighted by atomic mass is 10.1. The van der Waals surface area contributed by atoms with E-state index in [1.807, 2.05) is 0 Å². The van der Waals surface area contributed by atoms with Gasteiger partial charge in [0.15, 0.2) is 17.8 Å². The Hall–Kier alpha value is -2.32. The van der Waals surface area contributed by atoms with Gasteiger partial charge < -0.3 is 20.5 Å². The Morgan fingerprint density at radius 2 is 2.21 bits per heavy atom. The van der Waals surface area contributed by atoms with Crippen molar-refractivity contribution >= 4 is 23.3 Å². The molecule has 4 N–H and O–H groups in total. The predicted octanol–water partition coefficient (Wildman–Crippen LogP) is -0.595. The van der Waals surface area contributed by atoms with Gasteiger partial charge in [-0.3, -0.25) is 4.79 Å². The number of anilines is 1.